The van der Waals surface area contributed by atoms with Crippen molar-refractivity contribution in [3.05, 3.63) is 20.8 Å². The minimum absolute atomic E-state index is 0.0345. The smallest absolute Gasteiger partial charge is 0.327 e. The molecule has 4 nitrogen and oxygen atoms in total. The maximum atomic E-state index is 12.6. The van der Waals surface area contributed by atoms with Gasteiger partial charge in [0.25, 0.3) is 5.91 Å². The second-order valence-electron chi connectivity index (χ2n) is 4.77. The fourth-order valence-electron chi connectivity index (χ4n) is 2.29. The fourth-order valence-corrected chi connectivity index (χ4v) is 5.05. The van der Waals surface area contributed by atoms with Crippen molar-refractivity contribution in [2.75, 3.05) is 5.75 Å². The summed E-state index contributed by atoms with van der Waals surface area (Å²) in [6, 6.07) is 1.07. The number of aliphatic carboxylic acids is 1. The Morgan fingerprint density at radius 1 is 1.42 bits per heavy atom. The van der Waals surface area contributed by atoms with E-state index < -0.39 is 12.0 Å². The van der Waals surface area contributed by atoms with Gasteiger partial charge in [0.2, 0.25) is 0 Å². The van der Waals surface area contributed by atoms with Gasteiger partial charge >= 0.3 is 5.97 Å². The number of thioether (sulfide) groups is 1. The quantitative estimate of drug-likeness (QED) is 0.898. The maximum Gasteiger partial charge on any atom is 0.327 e. The van der Waals surface area contributed by atoms with Gasteiger partial charge in [0.05, 0.1) is 14.7 Å². The van der Waals surface area contributed by atoms with E-state index in [4.69, 9.17) is 0 Å². The van der Waals surface area contributed by atoms with Crippen molar-refractivity contribution in [1.82, 2.24) is 4.90 Å². The Balaban J connectivity index is 1.88. The van der Waals surface area contributed by atoms with Crippen molar-refractivity contribution in [1.29, 1.82) is 0 Å². The minimum Gasteiger partial charge on any atom is -0.480 e. The lowest BCUT2D eigenvalue weighted by atomic mass is 10.2. The highest BCUT2D eigenvalue weighted by molar-refractivity contribution is 9.11. The molecule has 2 aliphatic rings. The van der Waals surface area contributed by atoms with E-state index in [0.29, 0.717) is 17.2 Å². The normalized spacial score (nSPS) is 26.7. The summed E-state index contributed by atoms with van der Waals surface area (Å²) < 4.78 is 0.887. The number of halogens is 1. The summed E-state index contributed by atoms with van der Waals surface area (Å²) in [5, 5.41) is 11.1. The zero-order valence-corrected chi connectivity index (χ0v) is 13.1. The molecule has 2 fully saturated rings. The summed E-state index contributed by atoms with van der Waals surface area (Å²) >= 11 is 6.38. The maximum absolute atomic E-state index is 12.6. The SMILES string of the molecule is O=C(O)C1CSC(C2CC2)N1C(=O)c1csc(Br)c1. The fraction of sp³-hybridized carbons (Fsp3) is 0.500. The van der Waals surface area contributed by atoms with Crippen LogP contribution in [0, 0.1) is 5.92 Å². The molecule has 0 bridgehead atoms. The number of carboxylic acid groups (broad SMARTS) is 1. The number of hydrogen-bond acceptors (Lipinski definition) is 4. The van der Waals surface area contributed by atoms with Crippen LogP contribution in [-0.2, 0) is 4.79 Å². The lowest BCUT2D eigenvalue weighted by Gasteiger charge is -2.27. The number of thiophene rings is 1. The second kappa shape index (κ2) is 5.10. The number of carbonyl (C=O) groups excluding carboxylic acids is 1. The molecule has 1 aliphatic heterocycles. The van der Waals surface area contributed by atoms with Crippen LogP contribution in [0.2, 0.25) is 0 Å². The molecule has 2 heterocycles. The molecule has 19 heavy (non-hydrogen) atoms. The van der Waals surface area contributed by atoms with Crippen LogP contribution in [0.5, 0.6) is 0 Å². The van der Waals surface area contributed by atoms with Crippen molar-refractivity contribution in [2.45, 2.75) is 24.3 Å². The summed E-state index contributed by atoms with van der Waals surface area (Å²) in [4.78, 5) is 25.5. The molecule has 1 aromatic heterocycles. The molecule has 1 saturated carbocycles. The highest BCUT2D eigenvalue weighted by Gasteiger charge is 2.48. The van der Waals surface area contributed by atoms with Gasteiger partial charge in [0, 0.05) is 11.1 Å². The molecular formula is C12H12BrNO3S2. The standard InChI is InChI=1S/C12H12BrNO3S2/c13-9-3-7(4-18-9)10(15)14-8(12(16)17)5-19-11(14)6-1-2-6/h3-4,6,8,11H,1-2,5H2,(H,16,17). The lowest BCUT2D eigenvalue weighted by Crippen LogP contribution is -2.46. The van der Waals surface area contributed by atoms with Crippen molar-refractivity contribution >= 4 is 50.9 Å². The van der Waals surface area contributed by atoms with E-state index in [1.54, 1.807) is 28.1 Å². The number of nitrogens with zero attached hydrogens (tertiary/aromatic N) is 1. The molecule has 3 rings (SSSR count). The van der Waals surface area contributed by atoms with Crippen molar-refractivity contribution < 1.29 is 14.7 Å². The summed E-state index contributed by atoms with van der Waals surface area (Å²) in [6.45, 7) is 0. The molecule has 0 radical (unpaired) electrons. The van der Waals surface area contributed by atoms with E-state index in [2.05, 4.69) is 15.9 Å². The van der Waals surface area contributed by atoms with Crippen molar-refractivity contribution in [3.63, 3.8) is 0 Å². The molecule has 0 aromatic carbocycles. The molecule has 102 valence electrons. The molecule has 2 unspecified atom stereocenters. The highest BCUT2D eigenvalue weighted by atomic mass is 79.9. The van der Waals surface area contributed by atoms with Crippen LogP contribution in [0.3, 0.4) is 0 Å². The van der Waals surface area contributed by atoms with Crippen molar-refractivity contribution in [3.8, 4) is 0 Å². The van der Waals surface area contributed by atoms with Gasteiger partial charge in [-0.2, -0.15) is 0 Å². The summed E-state index contributed by atoms with van der Waals surface area (Å²) in [5.74, 6) is -0.0944. The Morgan fingerprint density at radius 3 is 2.68 bits per heavy atom. The van der Waals surface area contributed by atoms with E-state index in [9.17, 15) is 14.7 Å². The van der Waals surface area contributed by atoms with Crippen LogP contribution < -0.4 is 0 Å². The molecule has 1 aromatic rings. The predicted molar refractivity (Wildman–Crippen MR) is 78.6 cm³/mol. The van der Waals surface area contributed by atoms with Crippen molar-refractivity contribution in [2.24, 2.45) is 5.92 Å². The van der Waals surface area contributed by atoms with E-state index in [1.807, 2.05) is 0 Å². The van der Waals surface area contributed by atoms with E-state index in [1.165, 1.54) is 11.3 Å². The van der Waals surface area contributed by atoms with Gasteiger partial charge in [-0.3, -0.25) is 4.79 Å². The summed E-state index contributed by atoms with van der Waals surface area (Å²) in [5.41, 5.74) is 0.580. The van der Waals surface area contributed by atoms with Gasteiger partial charge in [-0.25, -0.2) is 4.79 Å². The molecular weight excluding hydrogens is 350 g/mol. The third-order valence-electron chi connectivity index (χ3n) is 3.39. The predicted octanol–water partition coefficient (Wildman–Crippen LogP) is 2.89. The zero-order valence-electron chi connectivity index (χ0n) is 9.91. The largest absolute Gasteiger partial charge is 0.480 e. The zero-order chi connectivity index (χ0) is 13.6. The van der Waals surface area contributed by atoms with Gasteiger partial charge in [0.1, 0.15) is 6.04 Å². The van der Waals surface area contributed by atoms with Gasteiger partial charge in [-0.05, 0) is 40.8 Å². The Kier molecular flexibility index (Phi) is 3.61. The minimum atomic E-state index is -0.904. The average molecular weight is 362 g/mol. The molecule has 1 saturated heterocycles. The van der Waals surface area contributed by atoms with Gasteiger partial charge in [-0.1, -0.05) is 0 Å². The second-order valence-corrected chi connectivity index (χ2v) is 8.21. The third-order valence-corrected chi connectivity index (χ3v) is 6.36. The topological polar surface area (TPSA) is 57.6 Å². The highest BCUT2D eigenvalue weighted by Crippen LogP contribution is 2.46. The Bertz CT molecular complexity index is 529. The number of carboxylic acids is 1. The van der Waals surface area contributed by atoms with Crippen LogP contribution in [0.15, 0.2) is 15.2 Å². The Labute approximate surface area is 127 Å². The molecule has 1 aliphatic carbocycles. The van der Waals surface area contributed by atoms with Crippen LogP contribution in [0.4, 0.5) is 0 Å². The van der Waals surface area contributed by atoms with E-state index in [-0.39, 0.29) is 11.3 Å². The number of hydrogen-bond donors (Lipinski definition) is 1. The Hall–Kier alpha value is -0.530. The van der Waals surface area contributed by atoms with Crippen LogP contribution >= 0.6 is 39.0 Å². The van der Waals surface area contributed by atoms with Crippen LogP contribution in [-0.4, -0.2) is 39.1 Å². The molecule has 1 amide bonds. The first-order valence-electron chi connectivity index (χ1n) is 5.99. The van der Waals surface area contributed by atoms with Crippen LogP contribution in [0.1, 0.15) is 23.2 Å². The first-order valence-corrected chi connectivity index (χ1v) is 8.71. The summed E-state index contributed by atoms with van der Waals surface area (Å²) in [6.07, 6.45) is 2.20. The first kappa shape index (κ1) is 13.5. The van der Waals surface area contributed by atoms with E-state index >= 15 is 0 Å². The third kappa shape index (κ3) is 2.55. The Morgan fingerprint density at radius 2 is 2.16 bits per heavy atom. The average Bonchev–Trinajstić information content (AvgIpc) is 2.96. The first-order chi connectivity index (χ1) is 9.08. The van der Waals surface area contributed by atoms with Gasteiger partial charge in [0.15, 0.2) is 0 Å². The number of carbonyl (C=O) groups is 2. The van der Waals surface area contributed by atoms with E-state index in [0.717, 1.165) is 16.6 Å². The summed E-state index contributed by atoms with van der Waals surface area (Å²) in [7, 11) is 0. The molecule has 0 spiro atoms. The molecule has 2 atom stereocenters. The molecule has 1 N–H and O–H groups in total. The van der Waals surface area contributed by atoms with Gasteiger partial charge < -0.3 is 10.0 Å². The van der Waals surface area contributed by atoms with Gasteiger partial charge in [-0.15, -0.1) is 23.1 Å². The molecule has 7 heteroatoms. The monoisotopic (exact) mass is 361 g/mol. The van der Waals surface area contributed by atoms with Crippen LogP contribution in [0.25, 0.3) is 0 Å². The number of amides is 1. The number of rotatable bonds is 3. The lowest BCUT2D eigenvalue weighted by molar-refractivity contribution is -0.141.